The fourth-order valence-corrected chi connectivity index (χ4v) is 3.52. The summed E-state index contributed by atoms with van der Waals surface area (Å²) < 4.78 is 6.05. The van der Waals surface area contributed by atoms with Crippen LogP contribution in [0.2, 0.25) is 5.02 Å². The van der Waals surface area contributed by atoms with Gasteiger partial charge in [-0.05, 0) is 58.7 Å². The largest absolute Gasteiger partial charge is 0.506 e. The SMILES string of the molecule is Cc1ccc2nc(-c3cc(N=Cc4cc([N+](=O)[O-])cc(Br)c4O)ccc3Cl)oc2c1. The molecule has 0 saturated carbocycles. The number of non-ortho nitro benzene ring substituents is 1. The summed E-state index contributed by atoms with van der Waals surface area (Å²) in [5, 5.41) is 21.6. The third-order valence-electron chi connectivity index (χ3n) is 4.37. The average Bonchev–Trinajstić information content (AvgIpc) is 3.12. The van der Waals surface area contributed by atoms with Crippen LogP contribution in [0, 0.1) is 17.0 Å². The van der Waals surface area contributed by atoms with Crippen LogP contribution in [0.4, 0.5) is 11.4 Å². The van der Waals surface area contributed by atoms with Crippen LogP contribution in [-0.4, -0.2) is 21.2 Å². The number of aliphatic imine (C=N–C) groups is 1. The number of fused-ring (bicyclic) bond motifs is 1. The number of halogens is 2. The molecule has 9 heteroatoms. The molecule has 0 saturated heterocycles. The van der Waals surface area contributed by atoms with Gasteiger partial charge in [0.25, 0.3) is 5.69 Å². The minimum atomic E-state index is -0.545. The Kier molecular flexibility index (Phi) is 5.27. The molecule has 4 aromatic rings. The summed E-state index contributed by atoms with van der Waals surface area (Å²) in [7, 11) is 0. The summed E-state index contributed by atoms with van der Waals surface area (Å²) in [6, 6.07) is 13.2. The number of hydrogen-bond donors (Lipinski definition) is 1. The van der Waals surface area contributed by atoms with E-state index in [9.17, 15) is 15.2 Å². The Hall–Kier alpha value is -3.23. The number of oxazole rings is 1. The van der Waals surface area contributed by atoms with Crippen LogP contribution in [0.3, 0.4) is 0 Å². The molecule has 1 N–H and O–H groups in total. The van der Waals surface area contributed by atoms with Crippen LogP contribution in [0.25, 0.3) is 22.6 Å². The highest BCUT2D eigenvalue weighted by Gasteiger charge is 2.15. The first kappa shape index (κ1) is 20.1. The predicted molar refractivity (Wildman–Crippen MR) is 119 cm³/mol. The minimum Gasteiger partial charge on any atom is -0.506 e. The van der Waals surface area contributed by atoms with Gasteiger partial charge in [-0.3, -0.25) is 15.1 Å². The Bertz CT molecular complexity index is 1330. The van der Waals surface area contributed by atoms with Crippen LogP contribution in [-0.2, 0) is 0 Å². The standard InChI is InChI=1S/C21H13BrClN3O4/c1-11-2-5-18-19(6-11)30-21(25-18)15-8-13(3-4-17(15)23)24-10-12-7-14(26(28)29)9-16(22)20(12)27/h2-10,27H,1H3. The lowest BCUT2D eigenvalue weighted by Crippen LogP contribution is -1.91. The number of aromatic hydroxyl groups is 1. The fraction of sp³-hybridized carbons (Fsp3) is 0.0476. The van der Waals surface area contributed by atoms with Crippen LogP contribution < -0.4 is 0 Å². The van der Waals surface area contributed by atoms with E-state index in [1.165, 1.54) is 18.3 Å². The zero-order valence-electron chi connectivity index (χ0n) is 15.5. The molecule has 1 aromatic heterocycles. The first-order valence-corrected chi connectivity index (χ1v) is 9.87. The lowest BCUT2D eigenvalue weighted by molar-refractivity contribution is -0.385. The molecule has 0 radical (unpaired) electrons. The Balaban J connectivity index is 1.72. The normalized spacial score (nSPS) is 11.4. The van der Waals surface area contributed by atoms with Gasteiger partial charge in [-0.25, -0.2) is 4.98 Å². The van der Waals surface area contributed by atoms with Crippen molar-refractivity contribution in [3.8, 4) is 17.2 Å². The Morgan fingerprint density at radius 3 is 2.80 bits per heavy atom. The maximum atomic E-state index is 11.1. The molecule has 0 fully saturated rings. The van der Waals surface area contributed by atoms with E-state index in [1.807, 2.05) is 25.1 Å². The molecule has 30 heavy (non-hydrogen) atoms. The second-order valence-corrected chi connectivity index (χ2v) is 7.80. The minimum absolute atomic E-state index is 0.146. The summed E-state index contributed by atoms with van der Waals surface area (Å²) in [4.78, 5) is 19.3. The highest BCUT2D eigenvalue weighted by molar-refractivity contribution is 9.10. The molecule has 0 aliphatic rings. The molecule has 0 unspecified atom stereocenters. The van der Waals surface area contributed by atoms with Crippen LogP contribution >= 0.6 is 27.5 Å². The first-order chi connectivity index (χ1) is 14.3. The van der Waals surface area contributed by atoms with Crippen molar-refractivity contribution in [3.63, 3.8) is 0 Å². The number of aromatic nitrogens is 1. The second-order valence-electron chi connectivity index (χ2n) is 6.54. The third kappa shape index (κ3) is 3.92. The molecule has 0 atom stereocenters. The molecular weight excluding hydrogens is 474 g/mol. The van der Waals surface area contributed by atoms with Gasteiger partial charge >= 0.3 is 0 Å². The molecule has 0 amide bonds. The van der Waals surface area contributed by atoms with E-state index in [0.717, 1.165) is 5.56 Å². The van der Waals surface area contributed by atoms with Crippen molar-refractivity contribution in [1.82, 2.24) is 4.98 Å². The number of benzene rings is 3. The smallest absolute Gasteiger partial charge is 0.271 e. The monoisotopic (exact) mass is 485 g/mol. The van der Waals surface area contributed by atoms with Crippen molar-refractivity contribution >= 4 is 56.2 Å². The Morgan fingerprint density at radius 2 is 2.03 bits per heavy atom. The summed E-state index contributed by atoms with van der Waals surface area (Å²) in [5.41, 5.74) is 3.52. The Labute approximate surface area is 183 Å². The summed E-state index contributed by atoms with van der Waals surface area (Å²) in [5.74, 6) is 0.214. The topological polar surface area (TPSA) is 102 Å². The molecule has 3 aromatic carbocycles. The number of phenols is 1. The van der Waals surface area contributed by atoms with Gasteiger partial charge in [0.15, 0.2) is 5.58 Å². The number of nitro groups is 1. The van der Waals surface area contributed by atoms with Gasteiger partial charge in [0.2, 0.25) is 5.89 Å². The lowest BCUT2D eigenvalue weighted by Gasteiger charge is -2.03. The maximum Gasteiger partial charge on any atom is 0.271 e. The van der Waals surface area contributed by atoms with Gasteiger partial charge in [0.1, 0.15) is 11.3 Å². The molecule has 150 valence electrons. The predicted octanol–water partition coefficient (Wildman–Crippen LogP) is 6.58. The highest BCUT2D eigenvalue weighted by Crippen LogP contribution is 2.34. The van der Waals surface area contributed by atoms with Crippen molar-refractivity contribution in [2.24, 2.45) is 4.99 Å². The third-order valence-corrected chi connectivity index (χ3v) is 5.30. The zero-order valence-corrected chi connectivity index (χ0v) is 17.8. The van der Waals surface area contributed by atoms with Gasteiger partial charge in [-0.1, -0.05) is 17.7 Å². The summed E-state index contributed by atoms with van der Waals surface area (Å²) in [6.07, 6.45) is 1.34. The quantitative estimate of drug-likeness (QED) is 0.199. The van der Waals surface area contributed by atoms with E-state index in [2.05, 4.69) is 25.9 Å². The Morgan fingerprint density at radius 1 is 1.23 bits per heavy atom. The van der Waals surface area contributed by atoms with E-state index >= 15 is 0 Å². The van der Waals surface area contributed by atoms with E-state index in [1.54, 1.807) is 18.2 Å². The number of hydrogen-bond acceptors (Lipinski definition) is 6. The van der Waals surface area contributed by atoms with Crippen molar-refractivity contribution in [2.45, 2.75) is 6.92 Å². The van der Waals surface area contributed by atoms with Crippen molar-refractivity contribution in [3.05, 3.63) is 79.3 Å². The van der Waals surface area contributed by atoms with Crippen molar-refractivity contribution < 1.29 is 14.4 Å². The molecule has 0 aliphatic carbocycles. The van der Waals surface area contributed by atoms with Gasteiger partial charge in [-0.15, -0.1) is 0 Å². The zero-order chi connectivity index (χ0) is 21.4. The highest BCUT2D eigenvalue weighted by atomic mass is 79.9. The van der Waals surface area contributed by atoms with Crippen molar-refractivity contribution in [2.75, 3.05) is 0 Å². The van der Waals surface area contributed by atoms with E-state index in [-0.39, 0.29) is 21.5 Å². The number of phenolic OH excluding ortho intramolecular Hbond substituents is 1. The van der Waals surface area contributed by atoms with Crippen LogP contribution in [0.15, 0.2) is 62.4 Å². The molecule has 0 spiro atoms. The average molecular weight is 487 g/mol. The fourth-order valence-electron chi connectivity index (χ4n) is 2.86. The number of nitrogens with zero attached hydrogens (tertiary/aromatic N) is 3. The molecule has 1 heterocycles. The lowest BCUT2D eigenvalue weighted by atomic mass is 10.2. The van der Waals surface area contributed by atoms with Gasteiger partial charge in [0, 0.05) is 23.9 Å². The number of rotatable bonds is 4. The van der Waals surface area contributed by atoms with Gasteiger partial charge in [-0.2, -0.15) is 0 Å². The molecule has 0 bridgehead atoms. The van der Waals surface area contributed by atoms with Crippen LogP contribution in [0.5, 0.6) is 5.75 Å². The molecule has 0 aliphatic heterocycles. The van der Waals surface area contributed by atoms with Gasteiger partial charge < -0.3 is 9.52 Å². The van der Waals surface area contributed by atoms with E-state index in [0.29, 0.717) is 33.3 Å². The number of nitro benzene ring substituents is 1. The number of aryl methyl sites for hydroxylation is 1. The molecule has 7 nitrogen and oxygen atoms in total. The van der Waals surface area contributed by atoms with E-state index < -0.39 is 4.92 Å². The summed E-state index contributed by atoms with van der Waals surface area (Å²) >= 11 is 9.45. The van der Waals surface area contributed by atoms with Gasteiger partial charge in [0.05, 0.1) is 25.7 Å². The first-order valence-electron chi connectivity index (χ1n) is 8.70. The summed E-state index contributed by atoms with van der Waals surface area (Å²) in [6.45, 7) is 1.96. The maximum absolute atomic E-state index is 11.1. The molecule has 4 rings (SSSR count). The van der Waals surface area contributed by atoms with Crippen molar-refractivity contribution in [1.29, 1.82) is 0 Å². The van der Waals surface area contributed by atoms with E-state index in [4.69, 9.17) is 16.0 Å². The van der Waals surface area contributed by atoms with Crippen LogP contribution in [0.1, 0.15) is 11.1 Å². The second kappa shape index (κ2) is 7.89. The molecular formula is C21H13BrClN3O4.